The van der Waals surface area contributed by atoms with Crippen molar-refractivity contribution in [1.29, 1.82) is 0 Å². The monoisotopic (exact) mass is 409 g/mol. The maximum atomic E-state index is 13.1. The Kier molecular flexibility index (Phi) is 5.50. The smallest absolute Gasteiger partial charge is 0.268 e. The third-order valence-electron chi connectivity index (χ3n) is 3.65. The van der Waals surface area contributed by atoms with E-state index in [1.807, 2.05) is 6.92 Å². The number of anilines is 1. The van der Waals surface area contributed by atoms with Crippen LogP contribution in [-0.4, -0.2) is 27.8 Å². The average Bonchev–Trinajstić information content (AvgIpc) is 3.03. The van der Waals surface area contributed by atoms with E-state index in [4.69, 9.17) is 23.2 Å². The first-order valence-corrected chi connectivity index (χ1v) is 9.35. The number of hydrogen-bond donors (Lipinski definition) is 0. The van der Waals surface area contributed by atoms with Gasteiger partial charge in [0, 0.05) is 22.4 Å². The van der Waals surface area contributed by atoms with Gasteiger partial charge in [-0.2, -0.15) is 0 Å². The SMILES string of the molecule is C[C@@H]1CSC(N(C(=O)c2ccc(Cl)c([N+](=O)[O-])c2)c2ccc(Cl)cc2)=N1. The Morgan fingerprint density at radius 2 is 1.96 bits per heavy atom. The van der Waals surface area contributed by atoms with E-state index >= 15 is 0 Å². The van der Waals surface area contributed by atoms with Gasteiger partial charge in [0.05, 0.1) is 16.7 Å². The van der Waals surface area contributed by atoms with Crippen molar-refractivity contribution in [3.63, 3.8) is 0 Å². The first-order valence-electron chi connectivity index (χ1n) is 7.61. The molecule has 0 saturated carbocycles. The van der Waals surface area contributed by atoms with Gasteiger partial charge in [0.2, 0.25) is 0 Å². The molecule has 3 rings (SSSR count). The number of carbonyl (C=O) groups excluding carboxylic acids is 1. The predicted octanol–water partition coefficient (Wildman–Crippen LogP) is 5.04. The van der Waals surface area contributed by atoms with Crippen LogP contribution in [0, 0.1) is 10.1 Å². The quantitative estimate of drug-likeness (QED) is 0.525. The van der Waals surface area contributed by atoms with Crippen LogP contribution in [0.3, 0.4) is 0 Å². The first kappa shape index (κ1) is 18.7. The van der Waals surface area contributed by atoms with Crippen molar-refractivity contribution in [3.8, 4) is 0 Å². The molecular weight excluding hydrogens is 397 g/mol. The zero-order valence-corrected chi connectivity index (χ0v) is 15.9. The van der Waals surface area contributed by atoms with E-state index in [-0.39, 0.29) is 22.3 Å². The van der Waals surface area contributed by atoms with Gasteiger partial charge in [-0.25, -0.2) is 0 Å². The number of halogens is 2. The topological polar surface area (TPSA) is 75.8 Å². The van der Waals surface area contributed by atoms with Crippen molar-refractivity contribution in [2.75, 3.05) is 10.7 Å². The molecule has 0 saturated heterocycles. The second-order valence-corrected chi connectivity index (χ2v) is 7.44. The average molecular weight is 410 g/mol. The van der Waals surface area contributed by atoms with Crippen LogP contribution in [0.1, 0.15) is 17.3 Å². The van der Waals surface area contributed by atoms with Crippen molar-refractivity contribution < 1.29 is 9.72 Å². The molecule has 0 N–H and O–H groups in total. The summed E-state index contributed by atoms with van der Waals surface area (Å²) in [4.78, 5) is 29.6. The minimum absolute atomic E-state index is 0.0224. The largest absolute Gasteiger partial charge is 0.288 e. The molecule has 0 fully saturated rings. The third-order valence-corrected chi connectivity index (χ3v) is 5.42. The van der Waals surface area contributed by atoms with Crippen molar-refractivity contribution in [3.05, 3.63) is 68.2 Å². The van der Waals surface area contributed by atoms with Crippen LogP contribution < -0.4 is 4.90 Å². The van der Waals surface area contributed by atoms with Gasteiger partial charge in [-0.15, -0.1) is 0 Å². The molecule has 0 spiro atoms. The standard InChI is InChI=1S/C17H13Cl2N3O3S/c1-10-9-26-17(20-10)21(13-5-3-12(18)4-6-13)16(23)11-2-7-14(19)15(8-11)22(24)25/h2-8,10H,9H2,1H3/t10-/m1/s1. The minimum Gasteiger partial charge on any atom is -0.268 e. The van der Waals surface area contributed by atoms with Gasteiger partial charge < -0.3 is 0 Å². The number of nitro benzene ring substituents is 1. The summed E-state index contributed by atoms with van der Waals surface area (Å²) in [6.07, 6.45) is 0. The fraction of sp³-hybridized carbons (Fsp3) is 0.176. The molecule has 0 radical (unpaired) electrons. The van der Waals surface area contributed by atoms with Crippen LogP contribution >= 0.6 is 35.0 Å². The number of aliphatic imine (C=N–C) groups is 1. The number of rotatable bonds is 3. The lowest BCUT2D eigenvalue weighted by Gasteiger charge is -2.22. The molecule has 2 aromatic carbocycles. The third kappa shape index (κ3) is 3.85. The molecule has 1 amide bonds. The summed E-state index contributed by atoms with van der Waals surface area (Å²) in [6, 6.07) is 10.8. The van der Waals surface area contributed by atoms with Gasteiger partial charge in [-0.1, -0.05) is 35.0 Å². The lowest BCUT2D eigenvalue weighted by molar-refractivity contribution is -0.384. The number of nitrogens with zero attached hydrogens (tertiary/aromatic N) is 3. The van der Waals surface area contributed by atoms with Crippen molar-refractivity contribution in [2.24, 2.45) is 4.99 Å². The Balaban J connectivity index is 2.06. The highest BCUT2D eigenvalue weighted by Gasteiger charge is 2.29. The lowest BCUT2D eigenvalue weighted by atomic mass is 10.1. The van der Waals surface area contributed by atoms with E-state index in [9.17, 15) is 14.9 Å². The molecule has 0 aliphatic carbocycles. The summed E-state index contributed by atoms with van der Waals surface area (Å²) >= 11 is 13.2. The van der Waals surface area contributed by atoms with Crippen LogP contribution in [0.5, 0.6) is 0 Å². The van der Waals surface area contributed by atoms with E-state index in [2.05, 4.69) is 4.99 Å². The molecule has 1 aliphatic heterocycles. The summed E-state index contributed by atoms with van der Waals surface area (Å²) in [5, 5.41) is 12.2. The van der Waals surface area contributed by atoms with Crippen molar-refractivity contribution in [1.82, 2.24) is 0 Å². The molecule has 2 aromatic rings. The van der Waals surface area contributed by atoms with E-state index in [1.54, 1.807) is 24.3 Å². The molecule has 1 aliphatic rings. The number of thioether (sulfide) groups is 1. The number of carbonyl (C=O) groups is 1. The molecule has 0 bridgehead atoms. The Bertz CT molecular complexity index is 903. The van der Waals surface area contributed by atoms with Crippen LogP contribution in [0.2, 0.25) is 10.0 Å². The lowest BCUT2D eigenvalue weighted by Crippen LogP contribution is -2.34. The van der Waals surface area contributed by atoms with Crippen LogP contribution in [-0.2, 0) is 0 Å². The molecule has 26 heavy (non-hydrogen) atoms. The van der Waals surface area contributed by atoms with Crippen LogP contribution in [0.4, 0.5) is 11.4 Å². The summed E-state index contributed by atoms with van der Waals surface area (Å²) in [5.74, 6) is 0.334. The number of amidine groups is 1. The molecule has 9 heteroatoms. The van der Waals surface area contributed by atoms with Gasteiger partial charge in [0.15, 0.2) is 5.17 Å². The normalized spacial score (nSPS) is 16.3. The molecule has 1 atom stereocenters. The molecular formula is C17H13Cl2N3O3S. The van der Waals surface area contributed by atoms with Crippen LogP contribution in [0.15, 0.2) is 47.5 Å². The summed E-state index contributed by atoms with van der Waals surface area (Å²) in [6.45, 7) is 1.96. The van der Waals surface area contributed by atoms with Gasteiger partial charge >= 0.3 is 0 Å². The Labute approximate surface area is 164 Å². The fourth-order valence-corrected chi connectivity index (χ4v) is 3.75. The van der Waals surface area contributed by atoms with E-state index in [0.717, 1.165) is 5.75 Å². The molecule has 134 valence electrons. The maximum Gasteiger partial charge on any atom is 0.288 e. The highest BCUT2D eigenvalue weighted by Crippen LogP contribution is 2.30. The molecule has 1 heterocycles. The number of amides is 1. The molecule has 6 nitrogen and oxygen atoms in total. The number of hydrogen-bond acceptors (Lipinski definition) is 5. The molecule has 0 aromatic heterocycles. The fourth-order valence-electron chi connectivity index (χ4n) is 2.40. The van der Waals surface area contributed by atoms with E-state index < -0.39 is 10.8 Å². The van der Waals surface area contributed by atoms with Crippen LogP contribution in [0.25, 0.3) is 0 Å². The number of benzene rings is 2. The Hall–Kier alpha value is -2.09. The predicted molar refractivity (Wildman–Crippen MR) is 106 cm³/mol. The highest BCUT2D eigenvalue weighted by atomic mass is 35.5. The van der Waals surface area contributed by atoms with Crippen molar-refractivity contribution >= 4 is 57.4 Å². The summed E-state index contributed by atoms with van der Waals surface area (Å²) in [5.41, 5.74) is 0.416. The second-order valence-electron chi connectivity index (χ2n) is 5.61. The van der Waals surface area contributed by atoms with E-state index in [0.29, 0.717) is 15.9 Å². The Morgan fingerprint density at radius 3 is 2.54 bits per heavy atom. The van der Waals surface area contributed by atoms with Gasteiger partial charge in [0.25, 0.3) is 11.6 Å². The number of nitro groups is 1. The van der Waals surface area contributed by atoms with Gasteiger partial charge in [-0.3, -0.25) is 24.8 Å². The molecule has 0 unspecified atom stereocenters. The second kappa shape index (κ2) is 7.65. The first-order chi connectivity index (χ1) is 12.4. The zero-order valence-electron chi connectivity index (χ0n) is 13.6. The minimum atomic E-state index is -0.615. The maximum absolute atomic E-state index is 13.1. The van der Waals surface area contributed by atoms with Gasteiger partial charge in [-0.05, 0) is 43.3 Å². The zero-order chi connectivity index (χ0) is 18.8. The highest BCUT2D eigenvalue weighted by molar-refractivity contribution is 8.14. The van der Waals surface area contributed by atoms with Crippen molar-refractivity contribution in [2.45, 2.75) is 13.0 Å². The Morgan fingerprint density at radius 1 is 1.27 bits per heavy atom. The van der Waals surface area contributed by atoms with Gasteiger partial charge in [0.1, 0.15) is 5.02 Å². The van der Waals surface area contributed by atoms with E-state index in [1.165, 1.54) is 34.9 Å². The summed E-state index contributed by atoms with van der Waals surface area (Å²) < 4.78 is 0. The summed E-state index contributed by atoms with van der Waals surface area (Å²) in [7, 11) is 0.